The normalized spacial score (nSPS) is 32.2. The van der Waals surface area contributed by atoms with Crippen molar-refractivity contribution in [3.63, 3.8) is 0 Å². The van der Waals surface area contributed by atoms with Crippen molar-refractivity contribution in [3.8, 4) is 34.1 Å². The number of methoxy groups -OCH3 is 4. The molecule has 6 atom stereocenters. The van der Waals surface area contributed by atoms with E-state index in [1.54, 1.807) is 14.2 Å². The molecule has 0 saturated carbocycles. The van der Waals surface area contributed by atoms with Crippen LogP contribution in [0.5, 0.6) is 23.0 Å². The first-order valence-corrected chi connectivity index (χ1v) is 16.1. The maximum Gasteiger partial charge on any atom is 0.197 e. The van der Waals surface area contributed by atoms with Crippen molar-refractivity contribution < 1.29 is 38.7 Å². The smallest absolute Gasteiger partial charge is 0.197 e. The molecule has 242 valence electrons. The summed E-state index contributed by atoms with van der Waals surface area (Å²) in [6.07, 6.45) is 6.92. The fourth-order valence-corrected chi connectivity index (χ4v) is 10.2. The summed E-state index contributed by atoms with van der Waals surface area (Å²) in [5.41, 5.74) is 3.94. The maximum atomic E-state index is 13.4. The van der Waals surface area contributed by atoms with Gasteiger partial charge in [0.2, 0.25) is 0 Å². The van der Waals surface area contributed by atoms with Crippen LogP contribution in [0.3, 0.4) is 0 Å². The lowest BCUT2D eigenvalue weighted by Crippen LogP contribution is -2.60. The van der Waals surface area contributed by atoms with Crippen LogP contribution in [0.4, 0.5) is 0 Å². The number of carbonyl (C=O) groups excluding carboxylic acids is 2. The zero-order chi connectivity index (χ0) is 32.1. The third-order valence-electron chi connectivity index (χ3n) is 12.0. The molecule has 4 aliphatic carbocycles. The molecule has 0 amide bonds. The van der Waals surface area contributed by atoms with Gasteiger partial charge in [0.05, 0.1) is 28.4 Å². The Morgan fingerprint density at radius 1 is 0.674 bits per heavy atom. The lowest BCUT2D eigenvalue weighted by Gasteiger charge is -2.55. The van der Waals surface area contributed by atoms with E-state index in [0.29, 0.717) is 48.7 Å². The highest BCUT2D eigenvalue weighted by Crippen LogP contribution is 2.61. The molecule has 0 radical (unpaired) electrons. The molecule has 2 aromatic rings. The number of benzene rings is 2. The number of hydrogen-bond donors (Lipinski definition) is 4. The van der Waals surface area contributed by atoms with Gasteiger partial charge >= 0.3 is 0 Å². The van der Waals surface area contributed by atoms with Gasteiger partial charge in [-0.05, 0) is 85.3 Å². The van der Waals surface area contributed by atoms with Crippen molar-refractivity contribution in [2.45, 2.75) is 61.4 Å². The molecule has 46 heavy (non-hydrogen) atoms. The highest BCUT2D eigenvalue weighted by atomic mass is 16.5. The molecule has 0 unspecified atom stereocenters. The van der Waals surface area contributed by atoms with Crippen LogP contribution in [0.15, 0.2) is 35.8 Å². The first kappa shape index (κ1) is 29.4. The second-order valence-electron chi connectivity index (χ2n) is 13.7. The summed E-state index contributed by atoms with van der Waals surface area (Å²) in [6, 6.07) is 3.82. The highest BCUT2D eigenvalue weighted by molar-refractivity contribution is 5.97. The Morgan fingerprint density at radius 2 is 1.09 bits per heavy atom. The van der Waals surface area contributed by atoms with Gasteiger partial charge in [-0.1, -0.05) is 0 Å². The Morgan fingerprint density at radius 3 is 1.46 bits per heavy atom. The van der Waals surface area contributed by atoms with Crippen LogP contribution in [0.1, 0.15) is 47.9 Å². The van der Waals surface area contributed by atoms with Gasteiger partial charge in [0.1, 0.15) is 0 Å². The highest BCUT2D eigenvalue weighted by Gasteiger charge is 2.58. The van der Waals surface area contributed by atoms with Crippen molar-refractivity contribution >= 4 is 11.6 Å². The maximum absolute atomic E-state index is 13.4. The summed E-state index contributed by atoms with van der Waals surface area (Å²) < 4.78 is 22.6. The molecule has 2 saturated heterocycles. The van der Waals surface area contributed by atoms with Crippen LogP contribution in [0.25, 0.3) is 11.1 Å². The van der Waals surface area contributed by atoms with Crippen LogP contribution in [0, 0.1) is 11.8 Å². The molecule has 10 nitrogen and oxygen atoms in total. The number of phenolic OH excluding ortho intramolecular Hbond substituents is 2. The van der Waals surface area contributed by atoms with E-state index in [1.165, 1.54) is 14.2 Å². The minimum Gasteiger partial charge on any atom is -0.504 e. The zero-order valence-electron chi connectivity index (χ0n) is 26.6. The van der Waals surface area contributed by atoms with Crippen molar-refractivity contribution in [2.75, 3.05) is 41.5 Å². The van der Waals surface area contributed by atoms with Crippen molar-refractivity contribution in [3.05, 3.63) is 58.1 Å². The molecule has 4 bridgehead atoms. The van der Waals surface area contributed by atoms with Gasteiger partial charge in [0, 0.05) is 58.7 Å². The molecule has 2 aromatic carbocycles. The summed E-state index contributed by atoms with van der Waals surface area (Å²) in [7, 11) is 6.15. The summed E-state index contributed by atoms with van der Waals surface area (Å²) >= 11 is 0. The molecule has 2 heterocycles. The molecule has 2 fully saturated rings. The number of allylic oxidation sites excluding steroid dienone is 2. The molecule has 0 aromatic heterocycles. The number of aromatic hydroxyl groups is 2. The number of piperidine rings is 2. The monoisotopic (exact) mass is 628 g/mol. The summed E-state index contributed by atoms with van der Waals surface area (Å²) in [6.45, 7) is 1.45. The van der Waals surface area contributed by atoms with Crippen LogP contribution < -0.4 is 20.1 Å². The molecular formula is C36H40N2O8. The quantitative estimate of drug-likeness (QED) is 0.391. The molecule has 0 spiro atoms. The Hall–Kier alpha value is -4.02. The van der Waals surface area contributed by atoms with E-state index in [-0.39, 0.29) is 59.8 Å². The predicted molar refractivity (Wildman–Crippen MR) is 168 cm³/mol. The number of hydrogen-bond acceptors (Lipinski definition) is 10. The molecule has 8 rings (SSSR count). The van der Waals surface area contributed by atoms with E-state index in [0.717, 1.165) is 46.5 Å². The Labute approximate surface area is 267 Å². The molecule has 6 aliphatic rings. The second kappa shape index (κ2) is 10.2. The minimum absolute atomic E-state index is 0.0264. The van der Waals surface area contributed by atoms with Gasteiger partial charge in [0.15, 0.2) is 46.1 Å². The Balaban J connectivity index is 1.41. The minimum atomic E-state index is -0.629. The topological polar surface area (TPSA) is 136 Å². The number of ketones is 2. The number of nitrogens with one attached hydrogen (secondary N) is 2. The third-order valence-corrected chi connectivity index (χ3v) is 12.0. The van der Waals surface area contributed by atoms with Gasteiger partial charge < -0.3 is 39.8 Å². The van der Waals surface area contributed by atoms with Gasteiger partial charge in [-0.2, -0.15) is 0 Å². The summed E-state index contributed by atoms with van der Waals surface area (Å²) in [5, 5.41) is 31.1. The van der Waals surface area contributed by atoms with E-state index in [9.17, 15) is 19.8 Å². The van der Waals surface area contributed by atoms with E-state index < -0.39 is 10.8 Å². The molecule has 2 aliphatic heterocycles. The van der Waals surface area contributed by atoms with Gasteiger partial charge in [-0.3, -0.25) is 9.59 Å². The average Bonchev–Trinajstić information content (AvgIpc) is 3.03. The predicted octanol–water partition coefficient (Wildman–Crippen LogP) is 3.33. The van der Waals surface area contributed by atoms with Gasteiger partial charge in [-0.25, -0.2) is 0 Å². The fourth-order valence-electron chi connectivity index (χ4n) is 10.2. The van der Waals surface area contributed by atoms with E-state index in [4.69, 9.17) is 18.9 Å². The van der Waals surface area contributed by atoms with Gasteiger partial charge in [0.25, 0.3) is 0 Å². The first-order valence-electron chi connectivity index (χ1n) is 16.1. The first-order chi connectivity index (χ1) is 22.2. The van der Waals surface area contributed by atoms with Crippen LogP contribution in [-0.4, -0.2) is 75.4 Å². The van der Waals surface area contributed by atoms with Crippen molar-refractivity contribution in [1.82, 2.24) is 10.6 Å². The Bertz CT molecular complexity index is 1640. The van der Waals surface area contributed by atoms with Crippen LogP contribution >= 0.6 is 0 Å². The number of phenols is 2. The molecule has 10 heteroatoms. The zero-order valence-corrected chi connectivity index (χ0v) is 26.6. The lowest BCUT2D eigenvalue weighted by molar-refractivity contribution is -0.122. The Kier molecular flexibility index (Phi) is 6.54. The van der Waals surface area contributed by atoms with E-state index >= 15 is 0 Å². The SMILES string of the molecule is COC1=C[C@@H]2[C@@H]3Cc4c(-c5cc(OC)c(O)c6c5C[C@@H]5NCC[C@]67CC(=O)C(OC)=C[C@H]57)cc(OC)c(O)c4[C@]2(CCN3)CC1=O. The van der Waals surface area contributed by atoms with Crippen molar-refractivity contribution in [2.24, 2.45) is 11.8 Å². The third kappa shape index (κ3) is 3.71. The standard InChI is InChI=1S/C36H40N2O8/c1-43-27-13-21-23-9-19-17(11-29(45-3)33(41)31(19)35(21,5-7-37-23)15-25(27)39)18-12-30(46-4)34(42)32-20(18)10-24-22-14-28(44-2)26(40)16-36(22,32)6-8-38-24/h11-14,21-24,37-38,41-42H,5-10,15-16H2,1-4H3/t21-,22-,23+,24+,35-,36-/m1/s1. The van der Waals surface area contributed by atoms with Crippen molar-refractivity contribution in [1.29, 1.82) is 0 Å². The van der Waals surface area contributed by atoms with E-state index in [2.05, 4.69) is 10.6 Å². The largest absolute Gasteiger partial charge is 0.504 e. The number of carbonyl (C=O) groups is 2. The number of ether oxygens (including phenoxy) is 4. The number of Topliss-reactive ketones (excluding diaryl/α,β-unsaturated/α-hetero) is 2. The van der Waals surface area contributed by atoms with Crippen LogP contribution in [-0.2, 0) is 42.7 Å². The fraction of sp³-hybridized carbons (Fsp3) is 0.500. The molecule has 4 N–H and O–H groups in total. The lowest BCUT2D eigenvalue weighted by atomic mass is 9.52. The molecular weight excluding hydrogens is 588 g/mol. The van der Waals surface area contributed by atoms with Gasteiger partial charge in [-0.15, -0.1) is 0 Å². The second-order valence-corrected chi connectivity index (χ2v) is 13.7. The average molecular weight is 629 g/mol. The number of fused-ring (bicyclic) bond motifs is 2. The van der Waals surface area contributed by atoms with Crippen LogP contribution in [0.2, 0.25) is 0 Å². The van der Waals surface area contributed by atoms with E-state index in [1.807, 2.05) is 24.3 Å². The summed E-state index contributed by atoms with van der Waals surface area (Å²) in [4.78, 5) is 26.8. The number of rotatable bonds is 5. The summed E-state index contributed by atoms with van der Waals surface area (Å²) in [5.74, 6) is 1.31.